The van der Waals surface area contributed by atoms with E-state index in [4.69, 9.17) is 9.84 Å². The fourth-order valence-corrected chi connectivity index (χ4v) is 2.51. The van der Waals surface area contributed by atoms with Crippen molar-refractivity contribution in [2.75, 3.05) is 12.4 Å². The van der Waals surface area contributed by atoms with E-state index < -0.39 is 0 Å². The van der Waals surface area contributed by atoms with Gasteiger partial charge in [-0.25, -0.2) is 0 Å². The number of hydrogen-bond donors (Lipinski definition) is 2. The number of benzene rings is 3. The van der Waals surface area contributed by atoms with Crippen LogP contribution in [0.3, 0.4) is 0 Å². The minimum absolute atomic E-state index is 0.0132. The van der Waals surface area contributed by atoms with Crippen LogP contribution in [0, 0.1) is 11.8 Å². The molecule has 1 amide bonds. The first-order valence-electron chi connectivity index (χ1n) is 8.45. The van der Waals surface area contributed by atoms with Crippen LogP contribution in [-0.4, -0.2) is 18.1 Å². The lowest BCUT2D eigenvalue weighted by Crippen LogP contribution is -2.08. The third-order valence-corrected chi connectivity index (χ3v) is 4.02. The van der Waals surface area contributed by atoms with Gasteiger partial charge in [0.25, 0.3) is 0 Å². The zero-order chi connectivity index (χ0) is 19.1. The van der Waals surface area contributed by atoms with Crippen molar-refractivity contribution in [2.24, 2.45) is 0 Å². The highest BCUT2D eigenvalue weighted by molar-refractivity contribution is 6.04. The van der Waals surface area contributed by atoms with E-state index in [1.165, 1.54) is 0 Å². The summed E-state index contributed by atoms with van der Waals surface area (Å²) in [4.78, 5) is 12.0. The van der Waals surface area contributed by atoms with E-state index in [1.54, 1.807) is 31.4 Å². The van der Waals surface area contributed by atoms with Gasteiger partial charge in [0.15, 0.2) is 0 Å². The predicted octanol–water partition coefficient (Wildman–Crippen LogP) is 3.84. The molecule has 134 valence electrons. The van der Waals surface area contributed by atoms with Gasteiger partial charge < -0.3 is 15.2 Å². The van der Waals surface area contributed by atoms with E-state index in [0.29, 0.717) is 5.69 Å². The lowest BCUT2D eigenvalue weighted by Gasteiger charge is -2.06. The Morgan fingerprint density at radius 2 is 1.52 bits per heavy atom. The molecule has 0 aliphatic rings. The third-order valence-electron chi connectivity index (χ3n) is 4.02. The number of amides is 1. The van der Waals surface area contributed by atoms with Crippen molar-refractivity contribution < 1.29 is 14.6 Å². The number of anilines is 1. The van der Waals surface area contributed by atoms with Gasteiger partial charge in [0.2, 0.25) is 0 Å². The Labute approximate surface area is 158 Å². The highest BCUT2D eigenvalue weighted by Crippen LogP contribution is 2.23. The van der Waals surface area contributed by atoms with Crippen LogP contribution in [0.2, 0.25) is 0 Å². The third kappa shape index (κ3) is 4.97. The van der Waals surface area contributed by atoms with Crippen molar-refractivity contribution in [3.63, 3.8) is 0 Å². The minimum atomic E-state index is -0.376. The van der Waals surface area contributed by atoms with Gasteiger partial charge in [0.1, 0.15) is 5.75 Å². The average molecular weight is 357 g/mol. The van der Waals surface area contributed by atoms with Gasteiger partial charge in [-0.3, -0.25) is 4.79 Å². The van der Waals surface area contributed by atoms with Gasteiger partial charge in [0, 0.05) is 17.2 Å². The van der Waals surface area contributed by atoms with Crippen molar-refractivity contribution in [3.8, 4) is 28.7 Å². The fraction of sp³-hybridized carbons (Fsp3) is 0.0870. The highest BCUT2D eigenvalue weighted by atomic mass is 16.5. The Hall–Kier alpha value is -3.55. The van der Waals surface area contributed by atoms with E-state index >= 15 is 0 Å². The molecule has 0 aliphatic carbocycles. The lowest BCUT2D eigenvalue weighted by molar-refractivity contribution is -0.111. The summed E-state index contributed by atoms with van der Waals surface area (Å²) >= 11 is 0. The SMILES string of the molecule is COc1ccc(-c2ccc(NC(=O)C#Cc3ccc(CO)cc3)cc2)cc1. The predicted molar refractivity (Wildman–Crippen MR) is 106 cm³/mol. The number of nitrogens with one attached hydrogen (secondary N) is 1. The molecule has 0 fully saturated rings. The molecular weight excluding hydrogens is 338 g/mol. The molecule has 4 nitrogen and oxygen atoms in total. The second-order valence-electron chi connectivity index (χ2n) is 5.87. The van der Waals surface area contributed by atoms with Gasteiger partial charge >= 0.3 is 5.91 Å². The molecule has 0 bridgehead atoms. The zero-order valence-electron chi connectivity index (χ0n) is 14.9. The molecule has 3 rings (SSSR count). The Morgan fingerprint density at radius 3 is 2.07 bits per heavy atom. The van der Waals surface area contributed by atoms with Crippen LogP contribution in [-0.2, 0) is 11.4 Å². The molecule has 0 spiro atoms. The molecule has 2 N–H and O–H groups in total. The number of methoxy groups -OCH3 is 1. The van der Waals surface area contributed by atoms with Gasteiger partial charge in [-0.1, -0.05) is 42.3 Å². The van der Waals surface area contributed by atoms with Crippen molar-refractivity contribution >= 4 is 11.6 Å². The Morgan fingerprint density at radius 1 is 0.926 bits per heavy atom. The van der Waals surface area contributed by atoms with Crippen LogP contribution in [0.1, 0.15) is 11.1 Å². The maximum absolute atomic E-state index is 12.0. The van der Waals surface area contributed by atoms with Crippen LogP contribution in [0.4, 0.5) is 5.69 Å². The summed E-state index contributed by atoms with van der Waals surface area (Å²) in [6, 6.07) is 22.5. The summed E-state index contributed by atoms with van der Waals surface area (Å²) in [5.41, 5.74) is 4.33. The molecule has 27 heavy (non-hydrogen) atoms. The first-order valence-corrected chi connectivity index (χ1v) is 8.45. The second kappa shape index (κ2) is 8.70. The summed E-state index contributed by atoms with van der Waals surface area (Å²) in [5.74, 6) is 5.81. The molecule has 3 aromatic carbocycles. The molecule has 0 unspecified atom stereocenters. The van der Waals surface area contributed by atoms with Crippen LogP contribution in [0.15, 0.2) is 72.8 Å². The molecule has 0 saturated carbocycles. The Kier molecular flexibility index (Phi) is 5.88. The number of carbonyl (C=O) groups is 1. The van der Waals surface area contributed by atoms with E-state index in [9.17, 15) is 4.79 Å². The summed E-state index contributed by atoms with van der Waals surface area (Å²) in [5, 5.41) is 11.8. The van der Waals surface area contributed by atoms with E-state index in [2.05, 4.69) is 17.2 Å². The number of carbonyl (C=O) groups excluding carboxylic acids is 1. The van der Waals surface area contributed by atoms with Gasteiger partial charge in [-0.2, -0.15) is 0 Å². The fourth-order valence-electron chi connectivity index (χ4n) is 2.51. The molecule has 0 atom stereocenters. The van der Waals surface area contributed by atoms with E-state index in [0.717, 1.165) is 28.0 Å². The molecule has 0 aliphatic heterocycles. The molecule has 0 radical (unpaired) electrons. The van der Waals surface area contributed by atoms with Crippen LogP contribution < -0.4 is 10.1 Å². The normalized spacial score (nSPS) is 9.85. The van der Waals surface area contributed by atoms with Gasteiger partial charge in [0.05, 0.1) is 13.7 Å². The van der Waals surface area contributed by atoms with Crippen LogP contribution in [0.5, 0.6) is 5.75 Å². The number of aliphatic hydroxyl groups is 1. The van der Waals surface area contributed by atoms with Crippen LogP contribution in [0.25, 0.3) is 11.1 Å². The Balaban J connectivity index is 1.63. The minimum Gasteiger partial charge on any atom is -0.497 e. The zero-order valence-corrected chi connectivity index (χ0v) is 14.9. The number of ether oxygens (including phenoxy) is 1. The summed E-state index contributed by atoms with van der Waals surface area (Å²) < 4.78 is 5.16. The first-order chi connectivity index (χ1) is 13.2. The topological polar surface area (TPSA) is 58.6 Å². The molecule has 0 heterocycles. The molecule has 0 aromatic heterocycles. The molecule has 3 aromatic rings. The van der Waals surface area contributed by atoms with E-state index in [-0.39, 0.29) is 12.5 Å². The van der Waals surface area contributed by atoms with Crippen molar-refractivity contribution in [2.45, 2.75) is 6.61 Å². The average Bonchev–Trinajstić information content (AvgIpc) is 2.73. The molecule has 4 heteroatoms. The van der Waals surface area contributed by atoms with Crippen molar-refractivity contribution in [1.29, 1.82) is 0 Å². The highest BCUT2D eigenvalue weighted by Gasteiger charge is 2.01. The van der Waals surface area contributed by atoms with Gasteiger partial charge in [-0.05, 0) is 53.1 Å². The smallest absolute Gasteiger partial charge is 0.300 e. The van der Waals surface area contributed by atoms with Crippen LogP contribution >= 0.6 is 0 Å². The monoisotopic (exact) mass is 357 g/mol. The summed E-state index contributed by atoms with van der Waals surface area (Å²) in [6.07, 6.45) is 0. The number of hydrogen-bond acceptors (Lipinski definition) is 3. The van der Waals surface area contributed by atoms with Crippen molar-refractivity contribution in [3.05, 3.63) is 83.9 Å². The maximum Gasteiger partial charge on any atom is 0.300 e. The summed E-state index contributed by atoms with van der Waals surface area (Å²) in [7, 11) is 1.64. The van der Waals surface area contributed by atoms with Crippen molar-refractivity contribution in [1.82, 2.24) is 0 Å². The Bertz CT molecular complexity index is 963. The first kappa shape index (κ1) is 18.2. The largest absolute Gasteiger partial charge is 0.497 e. The lowest BCUT2D eigenvalue weighted by atomic mass is 10.1. The summed E-state index contributed by atoms with van der Waals surface area (Å²) in [6.45, 7) is -0.0132. The maximum atomic E-state index is 12.0. The second-order valence-corrected chi connectivity index (χ2v) is 5.87. The van der Waals surface area contributed by atoms with E-state index in [1.807, 2.05) is 48.5 Å². The number of aliphatic hydroxyl groups excluding tert-OH is 1. The molecule has 0 saturated heterocycles. The quantitative estimate of drug-likeness (QED) is 0.698. The number of rotatable bonds is 4. The van der Waals surface area contributed by atoms with Gasteiger partial charge in [-0.15, -0.1) is 0 Å². The standard InChI is InChI=1S/C23H19NO3/c1-27-22-13-9-20(10-14-22)19-7-11-21(12-8-19)24-23(26)15-6-17-2-4-18(16-25)5-3-17/h2-5,7-14,25H,16H2,1H3,(H,24,26). The molecular formula is C23H19NO3.